The molecule has 1 aliphatic heterocycles. The molecular formula is C17H22N2O. The predicted octanol–water partition coefficient (Wildman–Crippen LogP) is 2.03. The van der Waals surface area contributed by atoms with Crippen molar-refractivity contribution in [3.05, 3.63) is 35.9 Å². The number of fused-ring (bicyclic) bond motifs is 1. The van der Waals surface area contributed by atoms with Crippen LogP contribution in [0.1, 0.15) is 25.3 Å². The van der Waals surface area contributed by atoms with Crippen LogP contribution in [0.25, 0.3) is 0 Å². The summed E-state index contributed by atoms with van der Waals surface area (Å²) in [7, 11) is 0. The van der Waals surface area contributed by atoms with Gasteiger partial charge in [0.1, 0.15) is 0 Å². The molecular weight excluding hydrogens is 248 g/mol. The number of amides is 1. The second-order valence-electron chi connectivity index (χ2n) is 6.85. The second kappa shape index (κ2) is 4.32. The highest BCUT2D eigenvalue weighted by Crippen LogP contribution is 2.55. The van der Waals surface area contributed by atoms with E-state index in [9.17, 15) is 4.79 Å². The summed E-state index contributed by atoms with van der Waals surface area (Å²) in [5.41, 5.74) is 1.46. The minimum atomic E-state index is 0.0917. The molecule has 1 aromatic carbocycles. The van der Waals surface area contributed by atoms with Crippen molar-refractivity contribution in [2.45, 2.75) is 31.8 Å². The number of hydrogen-bond acceptors (Lipinski definition) is 2. The molecule has 106 valence electrons. The Morgan fingerprint density at radius 3 is 2.80 bits per heavy atom. The Morgan fingerprint density at radius 2 is 2.10 bits per heavy atom. The van der Waals surface area contributed by atoms with Gasteiger partial charge in [0.15, 0.2) is 0 Å². The number of nitrogens with one attached hydrogen (secondary N) is 1. The van der Waals surface area contributed by atoms with E-state index < -0.39 is 0 Å². The highest BCUT2D eigenvalue weighted by atomic mass is 16.2. The van der Waals surface area contributed by atoms with Gasteiger partial charge in [-0.15, -0.1) is 0 Å². The molecule has 1 saturated heterocycles. The van der Waals surface area contributed by atoms with E-state index in [1.807, 2.05) is 0 Å². The van der Waals surface area contributed by atoms with Crippen molar-refractivity contribution < 1.29 is 4.79 Å². The minimum absolute atomic E-state index is 0.0917. The highest BCUT2D eigenvalue weighted by Gasteiger charge is 2.67. The van der Waals surface area contributed by atoms with Gasteiger partial charge >= 0.3 is 0 Å². The van der Waals surface area contributed by atoms with Crippen molar-refractivity contribution in [3.63, 3.8) is 0 Å². The number of nitrogens with zero attached hydrogens (tertiary/aromatic N) is 1. The first kappa shape index (κ1) is 12.4. The Bertz CT molecular complexity index is 525. The summed E-state index contributed by atoms with van der Waals surface area (Å²) in [6.45, 7) is 5.44. The fraction of sp³-hybridized carbons (Fsp3) is 0.588. The van der Waals surface area contributed by atoms with E-state index in [2.05, 4.69) is 47.5 Å². The maximum absolute atomic E-state index is 12.1. The molecule has 2 saturated carbocycles. The number of benzene rings is 1. The van der Waals surface area contributed by atoms with Gasteiger partial charge in [-0.05, 0) is 24.3 Å². The van der Waals surface area contributed by atoms with E-state index in [4.69, 9.17) is 0 Å². The number of rotatable bonds is 4. The average molecular weight is 270 g/mol. The molecule has 0 aromatic heterocycles. The first-order valence-electron chi connectivity index (χ1n) is 7.77. The molecule has 0 unspecified atom stereocenters. The van der Waals surface area contributed by atoms with Crippen LogP contribution in [0.5, 0.6) is 0 Å². The topological polar surface area (TPSA) is 32.3 Å². The lowest BCUT2D eigenvalue weighted by Gasteiger charge is -2.23. The number of carbonyl (C=O) groups is 1. The largest absolute Gasteiger partial charge is 0.349 e. The lowest BCUT2D eigenvalue weighted by atomic mass is 10.1. The number of hydrogen-bond donors (Lipinski definition) is 1. The third-order valence-electron chi connectivity index (χ3n) is 5.46. The van der Waals surface area contributed by atoms with Gasteiger partial charge in [0.05, 0.1) is 5.54 Å². The summed E-state index contributed by atoms with van der Waals surface area (Å²) in [5, 5.41) is 3.38. The molecule has 4 rings (SSSR count). The molecule has 3 nitrogen and oxygen atoms in total. The molecule has 0 spiro atoms. The molecule has 0 bridgehead atoms. The third kappa shape index (κ3) is 1.96. The lowest BCUT2D eigenvalue weighted by molar-refractivity contribution is -0.123. The van der Waals surface area contributed by atoms with Crippen LogP contribution in [-0.2, 0) is 11.3 Å². The van der Waals surface area contributed by atoms with Crippen LogP contribution >= 0.6 is 0 Å². The normalized spacial score (nSPS) is 35.6. The SMILES string of the molecule is C[C@@H]1[C@@H]2CN(Cc3ccccc3)C[C@]12NC(=O)C1CC1. The lowest BCUT2D eigenvalue weighted by Crippen LogP contribution is -2.44. The number of carbonyl (C=O) groups excluding carboxylic acids is 1. The molecule has 1 aromatic rings. The van der Waals surface area contributed by atoms with E-state index >= 15 is 0 Å². The zero-order valence-electron chi connectivity index (χ0n) is 12.0. The fourth-order valence-electron chi connectivity index (χ4n) is 3.91. The van der Waals surface area contributed by atoms with Gasteiger partial charge in [-0.3, -0.25) is 9.69 Å². The molecule has 3 heteroatoms. The summed E-state index contributed by atoms with van der Waals surface area (Å²) >= 11 is 0. The monoisotopic (exact) mass is 270 g/mol. The molecule has 3 aliphatic rings. The van der Waals surface area contributed by atoms with Crippen LogP contribution in [0, 0.1) is 17.8 Å². The van der Waals surface area contributed by atoms with Crippen molar-refractivity contribution in [2.75, 3.05) is 13.1 Å². The number of piperidine rings is 1. The summed E-state index contributed by atoms with van der Waals surface area (Å²) in [6.07, 6.45) is 2.18. The van der Waals surface area contributed by atoms with Crippen LogP contribution in [-0.4, -0.2) is 29.4 Å². The van der Waals surface area contributed by atoms with Crippen LogP contribution in [0.4, 0.5) is 0 Å². The first-order chi connectivity index (χ1) is 9.69. The Kier molecular flexibility index (Phi) is 2.68. The maximum atomic E-state index is 12.1. The van der Waals surface area contributed by atoms with Gasteiger partial charge in [0, 0.05) is 31.5 Å². The van der Waals surface area contributed by atoms with Gasteiger partial charge in [0.2, 0.25) is 5.91 Å². The summed E-state index contributed by atoms with van der Waals surface area (Å²) in [4.78, 5) is 14.6. The van der Waals surface area contributed by atoms with Crippen LogP contribution in [0.2, 0.25) is 0 Å². The van der Waals surface area contributed by atoms with E-state index in [-0.39, 0.29) is 5.54 Å². The Morgan fingerprint density at radius 1 is 1.35 bits per heavy atom. The molecule has 3 fully saturated rings. The number of likely N-dealkylation sites (tertiary alicyclic amines) is 1. The van der Waals surface area contributed by atoms with Gasteiger partial charge in [-0.1, -0.05) is 37.3 Å². The van der Waals surface area contributed by atoms with Crippen molar-refractivity contribution in [1.82, 2.24) is 10.2 Å². The Balaban J connectivity index is 1.41. The van der Waals surface area contributed by atoms with E-state index in [1.165, 1.54) is 5.56 Å². The van der Waals surface area contributed by atoms with E-state index in [1.54, 1.807) is 0 Å². The molecule has 3 atom stereocenters. The zero-order chi connectivity index (χ0) is 13.7. The molecule has 2 aliphatic carbocycles. The van der Waals surface area contributed by atoms with Gasteiger partial charge < -0.3 is 5.32 Å². The Hall–Kier alpha value is -1.35. The van der Waals surface area contributed by atoms with Gasteiger partial charge in [0.25, 0.3) is 0 Å². The predicted molar refractivity (Wildman–Crippen MR) is 78.0 cm³/mol. The van der Waals surface area contributed by atoms with Crippen molar-refractivity contribution in [1.29, 1.82) is 0 Å². The van der Waals surface area contributed by atoms with Gasteiger partial charge in [-0.25, -0.2) is 0 Å². The molecule has 1 heterocycles. The third-order valence-corrected chi connectivity index (χ3v) is 5.46. The van der Waals surface area contributed by atoms with Crippen LogP contribution in [0.15, 0.2) is 30.3 Å². The first-order valence-corrected chi connectivity index (χ1v) is 7.77. The zero-order valence-corrected chi connectivity index (χ0v) is 12.0. The Labute approximate surface area is 120 Å². The van der Waals surface area contributed by atoms with E-state index in [0.29, 0.717) is 23.7 Å². The van der Waals surface area contributed by atoms with Gasteiger partial charge in [-0.2, -0.15) is 0 Å². The summed E-state index contributed by atoms with van der Waals surface area (Å²) in [5.74, 6) is 1.94. The minimum Gasteiger partial charge on any atom is -0.349 e. The fourth-order valence-corrected chi connectivity index (χ4v) is 3.91. The van der Waals surface area contributed by atoms with Crippen molar-refractivity contribution in [2.24, 2.45) is 17.8 Å². The summed E-state index contributed by atoms with van der Waals surface area (Å²) in [6, 6.07) is 10.6. The van der Waals surface area contributed by atoms with Crippen LogP contribution in [0.3, 0.4) is 0 Å². The van der Waals surface area contributed by atoms with Crippen molar-refractivity contribution in [3.8, 4) is 0 Å². The maximum Gasteiger partial charge on any atom is 0.223 e. The second-order valence-corrected chi connectivity index (χ2v) is 6.85. The molecule has 20 heavy (non-hydrogen) atoms. The van der Waals surface area contributed by atoms with E-state index in [0.717, 1.165) is 32.5 Å². The van der Waals surface area contributed by atoms with Crippen LogP contribution < -0.4 is 5.32 Å². The molecule has 1 N–H and O–H groups in total. The summed E-state index contributed by atoms with van der Waals surface area (Å²) < 4.78 is 0. The smallest absolute Gasteiger partial charge is 0.223 e. The molecule has 1 amide bonds. The average Bonchev–Trinajstić information content (AvgIpc) is 3.33. The highest BCUT2D eigenvalue weighted by molar-refractivity contribution is 5.82. The quantitative estimate of drug-likeness (QED) is 0.908. The van der Waals surface area contributed by atoms with Crippen molar-refractivity contribution >= 4 is 5.91 Å². The standard InChI is InChI=1S/C17H22N2O/c1-12-15-10-19(9-13-5-3-2-4-6-13)11-17(12,15)18-16(20)14-7-8-14/h2-6,12,14-15H,7-11H2,1H3,(H,18,20)/t12-,15+,17+/m1/s1. The molecule has 0 radical (unpaired) electrons.